The fourth-order valence-corrected chi connectivity index (χ4v) is 6.32. The first kappa shape index (κ1) is 20.8. The fraction of sp³-hybridized carbons (Fsp3) is 0.154. The number of hydrogen-bond donors (Lipinski definition) is 0. The average molecular weight is 459 g/mol. The molecule has 32 heavy (non-hydrogen) atoms. The van der Waals surface area contributed by atoms with Crippen LogP contribution in [-0.2, 0) is 13.1 Å². The number of thioether (sulfide) groups is 1. The van der Waals surface area contributed by atoms with E-state index in [4.69, 9.17) is 0 Å². The summed E-state index contributed by atoms with van der Waals surface area (Å²) in [7, 11) is 2.04. The Bertz CT molecular complexity index is 1450. The Morgan fingerprint density at radius 2 is 1.72 bits per heavy atom. The molecule has 0 aliphatic carbocycles. The molecule has 0 amide bonds. The van der Waals surface area contributed by atoms with Gasteiger partial charge in [0, 0.05) is 30.2 Å². The highest BCUT2D eigenvalue weighted by molar-refractivity contribution is 8.08. The molecule has 3 heterocycles. The minimum absolute atomic E-state index is 0.0613. The largest absolute Gasteiger partial charge is 0.337 e. The van der Waals surface area contributed by atoms with Crippen molar-refractivity contribution in [1.82, 2.24) is 4.57 Å². The summed E-state index contributed by atoms with van der Waals surface area (Å²) in [6.45, 7) is 3.56. The van der Waals surface area contributed by atoms with Gasteiger partial charge in [0.25, 0.3) is 5.56 Å². The Balaban J connectivity index is 1.74. The number of pyridine rings is 1. The molecule has 4 nitrogen and oxygen atoms in total. The standard InChI is InChI=1S/C26H24N3OS2/c1-3-28-16-10-9-13-20(28)17-23-29(18-19-11-5-4-6-12-19)25(30)24(32-23)26-27(2)21-14-7-8-15-22(21)31-26/h4-17H,3,18H2,1-2H3/q+1. The Kier molecular flexibility index (Phi) is 5.72. The van der Waals surface area contributed by atoms with Gasteiger partial charge in [-0.25, -0.2) is 0 Å². The third-order valence-corrected chi connectivity index (χ3v) is 8.10. The fourth-order valence-electron chi connectivity index (χ4n) is 3.92. The number of hydrogen-bond acceptors (Lipinski definition) is 4. The Hall–Kier alpha value is -3.09. The average Bonchev–Trinajstić information content (AvgIpc) is 3.32. The van der Waals surface area contributed by atoms with Gasteiger partial charge in [0.15, 0.2) is 6.20 Å². The zero-order valence-corrected chi connectivity index (χ0v) is 19.7. The second kappa shape index (κ2) is 8.81. The molecule has 2 aromatic heterocycles. The van der Waals surface area contributed by atoms with Crippen molar-refractivity contribution in [3.05, 3.63) is 110 Å². The lowest BCUT2D eigenvalue weighted by atomic mass is 10.2. The smallest absolute Gasteiger partial charge is 0.272 e. The number of benzene rings is 2. The molecular weight excluding hydrogens is 434 g/mol. The molecule has 0 N–H and O–H groups in total. The predicted octanol–water partition coefficient (Wildman–Crippen LogP) is 3.40. The lowest BCUT2D eigenvalue weighted by Crippen LogP contribution is -2.37. The molecule has 2 aromatic carbocycles. The summed E-state index contributed by atoms with van der Waals surface area (Å²) in [6, 6.07) is 24.7. The van der Waals surface area contributed by atoms with Gasteiger partial charge in [-0.1, -0.05) is 54.2 Å². The van der Waals surface area contributed by atoms with Crippen molar-refractivity contribution >= 4 is 39.9 Å². The van der Waals surface area contributed by atoms with E-state index in [1.807, 2.05) is 54.1 Å². The quantitative estimate of drug-likeness (QED) is 0.439. The van der Waals surface area contributed by atoms with E-state index in [-0.39, 0.29) is 5.56 Å². The van der Waals surface area contributed by atoms with Crippen LogP contribution in [0.4, 0.5) is 5.69 Å². The van der Waals surface area contributed by atoms with Crippen molar-refractivity contribution in [1.29, 1.82) is 0 Å². The minimum atomic E-state index is 0.0613. The van der Waals surface area contributed by atoms with Crippen LogP contribution < -0.4 is 24.2 Å². The van der Waals surface area contributed by atoms with Crippen LogP contribution >= 0.6 is 23.1 Å². The van der Waals surface area contributed by atoms with E-state index in [9.17, 15) is 4.79 Å². The molecule has 0 bridgehead atoms. The number of fused-ring (bicyclic) bond motifs is 1. The molecule has 0 radical (unpaired) electrons. The summed E-state index contributed by atoms with van der Waals surface area (Å²) in [5.74, 6) is 0. The number of anilines is 1. The molecule has 160 valence electrons. The van der Waals surface area contributed by atoms with Gasteiger partial charge < -0.3 is 4.90 Å². The number of rotatable bonds is 4. The number of thiazole rings is 1. The first-order valence-corrected chi connectivity index (χ1v) is 12.3. The van der Waals surface area contributed by atoms with Gasteiger partial charge in [-0.15, -0.1) is 11.3 Å². The molecule has 1 aliphatic heterocycles. The first-order valence-electron chi connectivity index (χ1n) is 10.6. The number of aromatic nitrogens is 2. The highest BCUT2D eigenvalue weighted by Gasteiger charge is 2.24. The van der Waals surface area contributed by atoms with Gasteiger partial charge >= 0.3 is 0 Å². The molecular formula is C26H24N3OS2+. The third-order valence-electron chi connectivity index (χ3n) is 5.62. The van der Waals surface area contributed by atoms with Crippen LogP contribution in [0.25, 0.3) is 11.1 Å². The summed E-state index contributed by atoms with van der Waals surface area (Å²) in [5.41, 5.74) is 3.41. The maximum Gasteiger partial charge on any atom is 0.272 e. The molecule has 1 aliphatic rings. The molecule has 0 spiro atoms. The molecule has 0 saturated heterocycles. The van der Waals surface area contributed by atoms with Crippen LogP contribution in [-0.4, -0.2) is 11.6 Å². The lowest BCUT2D eigenvalue weighted by molar-refractivity contribution is -0.695. The minimum Gasteiger partial charge on any atom is -0.337 e. The monoisotopic (exact) mass is 458 g/mol. The zero-order valence-electron chi connectivity index (χ0n) is 18.1. The highest BCUT2D eigenvalue weighted by Crippen LogP contribution is 2.44. The SMILES string of the molecule is CC[n+]1ccccc1C=c1sc(=C2Sc3ccccc3N2C)c(=O)n1Cc1ccccc1. The van der Waals surface area contributed by atoms with Gasteiger partial charge in [0.1, 0.15) is 20.8 Å². The van der Waals surface area contributed by atoms with E-state index in [2.05, 4.69) is 59.0 Å². The summed E-state index contributed by atoms with van der Waals surface area (Å²) < 4.78 is 5.85. The Labute approximate surface area is 195 Å². The van der Waals surface area contributed by atoms with Gasteiger partial charge in [0.2, 0.25) is 5.69 Å². The Morgan fingerprint density at radius 1 is 0.969 bits per heavy atom. The Morgan fingerprint density at radius 3 is 2.50 bits per heavy atom. The van der Waals surface area contributed by atoms with Crippen LogP contribution in [0.2, 0.25) is 0 Å². The summed E-state index contributed by atoms with van der Waals surface area (Å²) in [4.78, 5) is 17.0. The van der Waals surface area contributed by atoms with Crippen LogP contribution in [0.3, 0.4) is 0 Å². The number of nitrogens with zero attached hydrogens (tertiary/aromatic N) is 3. The molecule has 6 heteroatoms. The van der Waals surface area contributed by atoms with Gasteiger partial charge in [-0.2, -0.15) is 4.57 Å². The van der Waals surface area contributed by atoms with Crippen molar-refractivity contribution in [3.63, 3.8) is 0 Å². The maximum absolute atomic E-state index is 13.7. The van der Waals surface area contributed by atoms with Crippen molar-refractivity contribution < 1.29 is 4.57 Å². The van der Waals surface area contributed by atoms with Crippen molar-refractivity contribution in [3.8, 4) is 0 Å². The summed E-state index contributed by atoms with van der Waals surface area (Å²) in [5, 5.41) is 0.999. The van der Waals surface area contributed by atoms with Crippen LogP contribution in [0, 0.1) is 0 Å². The molecule has 5 rings (SSSR count). The van der Waals surface area contributed by atoms with E-state index in [1.165, 1.54) is 4.90 Å². The van der Waals surface area contributed by atoms with E-state index >= 15 is 0 Å². The normalized spacial score (nSPS) is 15.3. The van der Waals surface area contributed by atoms with Gasteiger partial charge in [-0.05, 0) is 30.7 Å². The zero-order chi connectivity index (χ0) is 22.1. The van der Waals surface area contributed by atoms with Crippen molar-refractivity contribution in [2.45, 2.75) is 24.9 Å². The van der Waals surface area contributed by atoms with Crippen LogP contribution in [0.5, 0.6) is 0 Å². The molecule has 0 saturated carbocycles. The molecule has 0 atom stereocenters. The molecule has 0 fully saturated rings. The predicted molar refractivity (Wildman–Crippen MR) is 133 cm³/mol. The topological polar surface area (TPSA) is 29.1 Å². The second-order valence-corrected chi connectivity index (χ2v) is 9.70. The molecule has 4 aromatic rings. The van der Waals surface area contributed by atoms with Crippen molar-refractivity contribution in [2.24, 2.45) is 0 Å². The van der Waals surface area contributed by atoms with Crippen molar-refractivity contribution in [2.75, 3.05) is 11.9 Å². The summed E-state index contributed by atoms with van der Waals surface area (Å²) >= 11 is 3.25. The van der Waals surface area contributed by atoms with E-state index in [0.717, 1.165) is 37.7 Å². The third kappa shape index (κ3) is 3.80. The number of para-hydroxylation sites is 1. The number of aryl methyl sites for hydroxylation is 1. The molecule has 0 unspecified atom stereocenters. The van der Waals surface area contributed by atoms with Crippen LogP contribution in [0.1, 0.15) is 18.2 Å². The van der Waals surface area contributed by atoms with Gasteiger partial charge in [0.05, 0.1) is 12.2 Å². The van der Waals surface area contributed by atoms with Crippen LogP contribution in [0.15, 0.2) is 88.7 Å². The first-order chi connectivity index (χ1) is 15.7. The van der Waals surface area contributed by atoms with E-state index in [0.29, 0.717) is 6.54 Å². The summed E-state index contributed by atoms with van der Waals surface area (Å²) in [6.07, 6.45) is 4.21. The maximum atomic E-state index is 13.7. The lowest BCUT2D eigenvalue weighted by Gasteiger charge is -2.11. The van der Waals surface area contributed by atoms with Gasteiger partial charge in [-0.3, -0.25) is 9.36 Å². The van der Waals surface area contributed by atoms with E-state index in [1.54, 1.807) is 23.1 Å². The highest BCUT2D eigenvalue weighted by atomic mass is 32.2. The second-order valence-electron chi connectivity index (χ2n) is 7.64. The van der Waals surface area contributed by atoms with E-state index < -0.39 is 0 Å².